The van der Waals surface area contributed by atoms with E-state index < -0.39 is 0 Å². The maximum atomic E-state index is 9.50. The van der Waals surface area contributed by atoms with Gasteiger partial charge >= 0.3 is 0 Å². The molecule has 2 N–H and O–H groups in total. The predicted molar refractivity (Wildman–Crippen MR) is 76.7 cm³/mol. The van der Waals surface area contributed by atoms with Crippen LogP contribution < -0.4 is 9.64 Å². The van der Waals surface area contributed by atoms with Crippen LogP contribution in [-0.2, 0) is 6.54 Å². The van der Waals surface area contributed by atoms with E-state index >= 15 is 0 Å². The zero-order valence-corrected chi connectivity index (χ0v) is 12.3. The first-order valence-corrected chi connectivity index (χ1v) is 7.25. The van der Waals surface area contributed by atoms with Crippen LogP contribution in [0.1, 0.15) is 36.0 Å². The van der Waals surface area contributed by atoms with E-state index in [1.165, 1.54) is 41.0 Å². The molecule has 1 heterocycles. The summed E-state index contributed by atoms with van der Waals surface area (Å²) < 4.78 is 5.37. The minimum Gasteiger partial charge on any atom is -0.496 e. The summed E-state index contributed by atoms with van der Waals surface area (Å²) in [5.74, 6) is 0.966. The molecule has 0 spiro atoms. The van der Waals surface area contributed by atoms with Gasteiger partial charge in [-0.25, -0.2) is 0 Å². The van der Waals surface area contributed by atoms with Crippen molar-refractivity contribution in [1.29, 1.82) is 0 Å². The van der Waals surface area contributed by atoms with E-state index in [4.69, 9.17) is 4.74 Å². The molecule has 0 aromatic heterocycles. The van der Waals surface area contributed by atoms with Gasteiger partial charge in [-0.15, -0.1) is 0 Å². The Labute approximate surface area is 116 Å². The Morgan fingerprint density at radius 1 is 1.26 bits per heavy atom. The molecule has 1 aromatic carbocycles. The Morgan fingerprint density at radius 3 is 2.74 bits per heavy atom. The molecule has 1 aromatic rings. The second-order valence-corrected chi connectivity index (χ2v) is 5.71. The number of piperidine rings is 1. The van der Waals surface area contributed by atoms with E-state index in [-0.39, 0.29) is 0 Å². The average Bonchev–Trinajstić information content (AvgIpc) is 2.43. The number of nitrogens with one attached hydrogen (secondary N) is 1. The van der Waals surface area contributed by atoms with Crippen molar-refractivity contribution in [3.8, 4) is 5.75 Å². The minimum absolute atomic E-state index is 0.309. The van der Waals surface area contributed by atoms with Crippen molar-refractivity contribution in [2.45, 2.75) is 45.7 Å². The van der Waals surface area contributed by atoms with Gasteiger partial charge in [0.15, 0.2) is 0 Å². The third-order valence-corrected chi connectivity index (χ3v) is 4.37. The van der Waals surface area contributed by atoms with Gasteiger partial charge in [0.25, 0.3) is 0 Å². The first kappa shape index (κ1) is 14.4. The van der Waals surface area contributed by atoms with Crippen LogP contribution in [0, 0.1) is 13.8 Å². The number of aryl methyl sites for hydroxylation is 2. The van der Waals surface area contributed by atoms with Crippen LogP contribution in [0.2, 0.25) is 0 Å². The summed E-state index contributed by atoms with van der Waals surface area (Å²) in [6.45, 7) is 6.74. The fourth-order valence-electron chi connectivity index (χ4n) is 3.11. The highest BCUT2D eigenvalue weighted by molar-refractivity contribution is 5.41. The molecular weight excluding hydrogens is 238 g/mol. The summed E-state index contributed by atoms with van der Waals surface area (Å²) >= 11 is 0. The lowest BCUT2D eigenvalue weighted by atomic mass is 9.99. The van der Waals surface area contributed by atoms with E-state index in [2.05, 4.69) is 26.0 Å². The maximum absolute atomic E-state index is 9.50. The maximum Gasteiger partial charge on any atom is 0.122 e. The van der Waals surface area contributed by atoms with Gasteiger partial charge in [-0.1, -0.05) is 0 Å². The molecule has 0 amide bonds. The largest absolute Gasteiger partial charge is 0.496 e. The van der Waals surface area contributed by atoms with Crippen LogP contribution in [0.25, 0.3) is 0 Å². The molecule has 2 rings (SSSR count). The topological polar surface area (TPSA) is 33.9 Å². The number of benzene rings is 1. The molecule has 1 aliphatic rings. The third kappa shape index (κ3) is 3.28. The third-order valence-electron chi connectivity index (χ3n) is 4.37. The van der Waals surface area contributed by atoms with E-state index in [1.54, 1.807) is 7.11 Å². The predicted octanol–water partition coefficient (Wildman–Crippen LogP) is 1.24. The monoisotopic (exact) mass is 264 g/mol. The number of rotatable bonds is 4. The highest BCUT2D eigenvalue weighted by Gasteiger charge is 2.25. The van der Waals surface area contributed by atoms with Crippen molar-refractivity contribution in [2.75, 3.05) is 20.3 Å². The zero-order chi connectivity index (χ0) is 13.8. The number of hydrogen-bond donors (Lipinski definition) is 2. The van der Waals surface area contributed by atoms with Crippen molar-refractivity contribution < 1.29 is 14.7 Å². The molecular formula is C16H26NO2+. The molecule has 1 unspecified atom stereocenters. The number of quaternary nitrogens is 1. The van der Waals surface area contributed by atoms with Crippen molar-refractivity contribution in [1.82, 2.24) is 0 Å². The Hall–Kier alpha value is -1.06. The fourth-order valence-corrected chi connectivity index (χ4v) is 3.11. The first-order chi connectivity index (χ1) is 9.15. The average molecular weight is 264 g/mol. The number of likely N-dealkylation sites (tertiary alicyclic amines) is 1. The van der Waals surface area contributed by atoms with Crippen molar-refractivity contribution in [3.63, 3.8) is 0 Å². The molecule has 3 nitrogen and oxygen atoms in total. The van der Waals surface area contributed by atoms with Gasteiger partial charge < -0.3 is 14.7 Å². The molecule has 0 radical (unpaired) electrons. The fraction of sp³-hybridized carbons (Fsp3) is 0.625. The first-order valence-electron chi connectivity index (χ1n) is 7.25. The van der Waals surface area contributed by atoms with Crippen LogP contribution in [0.5, 0.6) is 5.75 Å². The Kier molecular flexibility index (Phi) is 4.83. The minimum atomic E-state index is 0.309. The molecule has 1 fully saturated rings. The van der Waals surface area contributed by atoms with Gasteiger partial charge in [-0.3, -0.25) is 0 Å². The van der Waals surface area contributed by atoms with E-state index in [1.807, 2.05) is 0 Å². The number of hydrogen-bond acceptors (Lipinski definition) is 2. The molecule has 0 aliphatic carbocycles. The molecule has 1 aliphatic heterocycles. The summed E-state index contributed by atoms with van der Waals surface area (Å²) in [6.07, 6.45) is 3.69. The number of aliphatic hydroxyl groups excluding tert-OH is 1. The molecule has 1 saturated heterocycles. The lowest BCUT2D eigenvalue weighted by Crippen LogP contribution is -3.16. The van der Waals surface area contributed by atoms with Gasteiger partial charge in [0.1, 0.15) is 18.3 Å². The Morgan fingerprint density at radius 2 is 2.05 bits per heavy atom. The lowest BCUT2D eigenvalue weighted by molar-refractivity contribution is -0.944. The van der Waals surface area contributed by atoms with Gasteiger partial charge in [0.05, 0.1) is 20.3 Å². The summed E-state index contributed by atoms with van der Waals surface area (Å²) in [4.78, 5) is 1.53. The van der Waals surface area contributed by atoms with Gasteiger partial charge in [-0.2, -0.15) is 0 Å². The van der Waals surface area contributed by atoms with Crippen LogP contribution in [0.4, 0.5) is 0 Å². The quantitative estimate of drug-likeness (QED) is 0.858. The van der Waals surface area contributed by atoms with Gasteiger partial charge in [0, 0.05) is 12.0 Å². The lowest BCUT2D eigenvalue weighted by Gasteiger charge is -2.32. The number of methoxy groups -OCH3 is 1. The number of ether oxygens (including phenoxy) is 1. The summed E-state index contributed by atoms with van der Waals surface area (Å²) in [6, 6.07) is 4.78. The summed E-state index contributed by atoms with van der Waals surface area (Å²) in [5.41, 5.74) is 3.87. The second kappa shape index (κ2) is 6.40. The summed E-state index contributed by atoms with van der Waals surface area (Å²) in [7, 11) is 1.72. The van der Waals surface area contributed by atoms with Crippen LogP contribution >= 0.6 is 0 Å². The molecule has 2 atom stereocenters. The highest BCUT2D eigenvalue weighted by Crippen LogP contribution is 2.22. The number of aliphatic hydroxyl groups is 1. The molecule has 0 saturated carbocycles. The Balaban J connectivity index is 2.16. The van der Waals surface area contributed by atoms with Gasteiger partial charge in [-0.05, 0) is 49.9 Å². The van der Waals surface area contributed by atoms with Crippen molar-refractivity contribution >= 4 is 0 Å². The molecule has 106 valence electrons. The van der Waals surface area contributed by atoms with Gasteiger partial charge in [0.2, 0.25) is 0 Å². The zero-order valence-electron chi connectivity index (χ0n) is 12.3. The van der Waals surface area contributed by atoms with Crippen LogP contribution in [0.15, 0.2) is 12.1 Å². The molecule has 3 heteroatoms. The molecule has 0 bridgehead atoms. The molecule has 19 heavy (non-hydrogen) atoms. The highest BCUT2D eigenvalue weighted by atomic mass is 16.5. The van der Waals surface area contributed by atoms with E-state index in [0.717, 1.165) is 18.7 Å². The van der Waals surface area contributed by atoms with Crippen LogP contribution in [0.3, 0.4) is 0 Å². The van der Waals surface area contributed by atoms with Crippen molar-refractivity contribution in [3.05, 3.63) is 28.8 Å². The van der Waals surface area contributed by atoms with E-state index in [0.29, 0.717) is 12.6 Å². The second-order valence-electron chi connectivity index (χ2n) is 5.71. The summed E-state index contributed by atoms with van der Waals surface area (Å²) in [5, 5.41) is 9.50. The normalized spacial score (nSPS) is 23.4. The standard InChI is InChI=1S/C16H25NO2/c1-12-9-16(19-3)13(2)8-14(12)10-17-7-5-4-6-15(17)11-18/h8-9,15,18H,4-7,10-11H2,1-3H3/p+1/t15-/m0/s1. The smallest absolute Gasteiger partial charge is 0.122 e. The SMILES string of the molecule is COc1cc(C)c(C[NH+]2CCCC[C@H]2CO)cc1C. The Bertz CT molecular complexity index is 431. The van der Waals surface area contributed by atoms with Crippen molar-refractivity contribution in [2.24, 2.45) is 0 Å². The van der Waals surface area contributed by atoms with Crippen LogP contribution in [-0.4, -0.2) is 31.4 Å². The van der Waals surface area contributed by atoms with E-state index in [9.17, 15) is 5.11 Å².